The van der Waals surface area contributed by atoms with Gasteiger partial charge in [-0.1, -0.05) is 80.1 Å². The quantitative estimate of drug-likeness (QED) is 0.458. The summed E-state index contributed by atoms with van der Waals surface area (Å²) in [6, 6.07) is 0. The van der Waals surface area contributed by atoms with Crippen molar-refractivity contribution in [2.24, 2.45) is 23.7 Å². The largest absolute Gasteiger partial charge is 0.0654 e. The molecule has 0 aliphatic rings. The number of hydrogen-bond donors (Lipinski definition) is 0. The van der Waals surface area contributed by atoms with E-state index >= 15 is 0 Å². The van der Waals surface area contributed by atoms with Gasteiger partial charge in [0.1, 0.15) is 0 Å². The maximum atomic E-state index is 2.48. The SMILES string of the molecule is CCCC(C)C(CCC)C(CC)C(C)CC. The summed E-state index contributed by atoms with van der Waals surface area (Å²) in [6.07, 6.45) is 8.26. The first-order valence-electron chi connectivity index (χ1n) is 7.62. The summed E-state index contributed by atoms with van der Waals surface area (Å²) < 4.78 is 0. The molecule has 0 radical (unpaired) electrons. The molecule has 0 spiro atoms. The van der Waals surface area contributed by atoms with Gasteiger partial charge in [0, 0.05) is 0 Å². The zero-order valence-electron chi connectivity index (χ0n) is 12.6. The van der Waals surface area contributed by atoms with Crippen molar-refractivity contribution in [3.63, 3.8) is 0 Å². The maximum absolute atomic E-state index is 2.48. The molecule has 0 nitrogen and oxygen atoms in total. The van der Waals surface area contributed by atoms with Crippen LogP contribution in [0.15, 0.2) is 0 Å². The van der Waals surface area contributed by atoms with Gasteiger partial charge in [-0.3, -0.25) is 0 Å². The van der Waals surface area contributed by atoms with Gasteiger partial charge in [-0.2, -0.15) is 0 Å². The normalized spacial score (nSPS) is 19.1. The predicted octanol–water partition coefficient (Wildman–Crippen LogP) is 5.91. The summed E-state index contributed by atoms with van der Waals surface area (Å²) in [5.41, 5.74) is 0. The molecular weight excluding hydrogens is 192 g/mol. The van der Waals surface area contributed by atoms with E-state index in [2.05, 4.69) is 41.5 Å². The zero-order chi connectivity index (χ0) is 12.6. The van der Waals surface area contributed by atoms with Crippen molar-refractivity contribution in [1.82, 2.24) is 0 Å². The molecule has 0 aromatic carbocycles. The van der Waals surface area contributed by atoms with Gasteiger partial charge >= 0.3 is 0 Å². The lowest BCUT2D eigenvalue weighted by atomic mass is 9.71. The molecule has 0 saturated carbocycles. The van der Waals surface area contributed by atoms with E-state index in [9.17, 15) is 0 Å². The van der Waals surface area contributed by atoms with Crippen molar-refractivity contribution >= 4 is 0 Å². The first-order valence-corrected chi connectivity index (χ1v) is 7.62. The summed E-state index contributed by atoms with van der Waals surface area (Å²) in [6.45, 7) is 14.3. The Balaban J connectivity index is 4.56. The van der Waals surface area contributed by atoms with Crippen LogP contribution in [0, 0.1) is 23.7 Å². The molecule has 0 aromatic rings. The summed E-state index contributed by atoms with van der Waals surface area (Å²) in [5.74, 6) is 3.74. The first-order chi connectivity index (χ1) is 7.62. The number of hydrogen-bond acceptors (Lipinski definition) is 0. The third-order valence-corrected chi connectivity index (χ3v) is 4.49. The molecule has 0 N–H and O–H groups in total. The number of rotatable bonds is 9. The fraction of sp³-hybridized carbons (Fsp3) is 1.00. The molecule has 0 bridgehead atoms. The van der Waals surface area contributed by atoms with Gasteiger partial charge in [-0.15, -0.1) is 0 Å². The standard InChI is InChI=1S/C16H34/c1-7-11-14(6)16(12-8-2)15(10-4)13(5)9-3/h13-16H,7-12H2,1-6H3. The summed E-state index contributed by atoms with van der Waals surface area (Å²) >= 11 is 0. The van der Waals surface area contributed by atoms with Crippen LogP contribution < -0.4 is 0 Å². The van der Waals surface area contributed by atoms with E-state index in [1.165, 1.54) is 38.5 Å². The second-order valence-electron chi connectivity index (χ2n) is 5.68. The highest BCUT2D eigenvalue weighted by Crippen LogP contribution is 2.36. The molecule has 0 aliphatic carbocycles. The summed E-state index contributed by atoms with van der Waals surface area (Å²) in [5, 5.41) is 0. The molecule has 0 fully saturated rings. The van der Waals surface area contributed by atoms with Crippen LogP contribution in [0.2, 0.25) is 0 Å². The third kappa shape index (κ3) is 4.89. The Bertz CT molecular complexity index is 150. The van der Waals surface area contributed by atoms with E-state index in [1.807, 2.05) is 0 Å². The molecule has 4 atom stereocenters. The Morgan fingerprint density at radius 3 is 1.56 bits per heavy atom. The highest BCUT2D eigenvalue weighted by Gasteiger charge is 2.27. The minimum absolute atomic E-state index is 0.904. The molecular formula is C16H34. The van der Waals surface area contributed by atoms with E-state index in [-0.39, 0.29) is 0 Å². The molecule has 0 saturated heterocycles. The van der Waals surface area contributed by atoms with Crippen LogP contribution >= 0.6 is 0 Å². The first kappa shape index (κ1) is 16.0. The van der Waals surface area contributed by atoms with Gasteiger partial charge in [0.25, 0.3) is 0 Å². The Labute approximate surface area is 104 Å². The second-order valence-corrected chi connectivity index (χ2v) is 5.68. The lowest BCUT2D eigenvalue weighted by Gasteiger charge is -2.35. The van der Waals surface area contributed by atoms with Crippen molar-refractivity contribution in [2.75, 3.05) is 0 Å². The average molecular weight is 226 g/mol. The predicted molar refractivity (Wildman–Crippen MR) is 75.7 cm³/mol. The molecule has 4 unspecified atom stereocenters. The van der Waals surface area contributed by atoms with Gasteiger partial charge < -0.3 is 0 Å². The van der Waals surface area contributed by atoms with Crippen LogP contribution in [0.3, 0.4) is 0 Å². The van der Waals surface area contributed by atoms with E-state index in [0.29, 0.717) is 0 Å². The van der Waals surface area contributed by atoms with Crippen molar-refractivity contribution < 1.29 is 0 Å². The van der Waals surface area contributed by atoms with Crippen molar-refractivity contribution in [3.05, 3.63) is 0 Å². The van der Waals surface area contributed by atoms with Gasteiger partial charge in [-0.25, -0.2) is 0 Å². The summed E-state index contributed by atoms with van der Waals surface area (Å²) in [7, 11) is 0. The van der Waals surface area contributed by atoms with E-state index in [1.54, 1.807) is 0 Å². The Hall–Kier alpha value is 0. The highest BCUT2D eigenvalue weighted by molar-refractivity contribution is 4.77. The molecule has 0 aromatic heterocycles. The van der Waals surface area contributed by atoms with Gasteiger partial charge in [-0.05, 0) is 23.7 Å². The topological polar surface area (TPSA) is 0 Å². The lowest BCUT2D eigenvalue weighted by molar-refractivity contribution is 0.150. The molecule has 0 amide bonds. The Morgan fingerprint density at radius 1 is 0.625 bits per heavy atom. The lowest BCUT2D eigenvalue weighted by Crippen LogP contribution is -2.26. The van der Waals surface area contributed by atoms with Crippen molar-refractivity contribution in [3.8, 4) is 0 Å². The zero-order valence-corrected chi connectivity index (χ0v) is 12.6. The van der Waals surface area contributed by atoms with E-state index < -0.39 is 0 Å². The third-order valence-electron chi connectivity index (χ3n) is 4.49. The minimum atomic E-state index is 0.904. The molecule has 16 heavy (non-hydrogen) atoms. The highest BCUT2D eigenvalue weighted by atomic mass is 14.3. The van der Waals surface area contributed by atoms with Crippen LogP contribution in [0.25, 0.3) is 0 Å². The van der Waals surface area contributed by atoms with Crippen LogP contribution in [-0.4, -0.2) is 0 Å². The average Bonchev–Trinajstić information content (AvgIpc) is 2.28. The Morgan fingerprint density at radius 2 is 1.19 bits per heavy atom. The molecule has 0 aliphatic heterocycles. The molecule has 0 heterocycles. The van der Waals surface area contributed by atoms with Gasteiger partial charge in [0.15, 0.2) is 0 Å². The van der Waals surface area contributed by atoms with Crippen LogP contribution in [0.1, 0.15) is 80.1 Å². The van der Waals surface area contributed by atoms with E-state index in [4.69, 9.17) is 0 Å². The van der Waals surface area contributed by atoms with Crippen LogP contribution in [0.4, 0.5) is 0 Å². The van der Waals surface area contributed by atoms with Crippen molar-refractivity contribution in [1.29, 1.82) is 0 Å². The van der Waals surface area contributed by atoms with Crippen molar-refractivity contribution in [2.45, 2.75) is 80.1 Å². The monoisotopic (exact) mass is 226 g/mol. The van der Waals surface area contributed by atoms with Crippen LogP contribution in [-0.2, 0) is 0 Å². The maximum Gasteiger partial charge on any atom is -0.0358 e. The van der Waals surface area contributed by atoms with Gasteiger partial charge in [0.2, 0.25) is 0 Å². The Kier molecular flexibility index (Phi) is 9.07. The smallest absolute Gasteiger partial charge is 0.0358 e. The molecule has 0 rings (SSSR count). The van der Waals surface area contributed by atoms with Crippen LogP contribution in [0.5, 0.6) is 0 Å². The summed E-state index contributed by atoms with van der Waals surface area (Å²) in [4.78, 5) is 0. The molecule has 98 valence electrons. The second kappa shape index (κ2) is 9.07. The minimum Gasteiger partial charge on any atom is -0.0654 e. The fourth-order valence-corrected chi connectivity index (χ4v) is 3.35. The molecule has 0 heteroatoms. The van der Waals surface area contributed by atoms with Gasteiger partial charge in [0.05, 0.1) is 0 Å². The fourth-order valence-electron chi connectivity index (χ4n) is 3.35. The van der Waals surface area contributed by atoms with E-state index in [0.717, 1.165) is 23.7 Å².